The Bertz CT molecular complexity index is 617. The summed E-state index contributed by atoms with van der Waals surface area (Å²) in [5.41, 5.74) is 1.89. The number of nitrogens with zero attached hydrogens (tertiary/aromatic N) is 2. The number of benzene rings is 1. The lowest BCUT2D eigenvalue weighted by Crippen LogP contribution is -2.02. The Balaban J connectivity index is 2.50. The van der Waals surface area contributed by atoms with Gasteiger partial charge in [-0.2, -0.15) is 0 Å². The van der Waals surface area contributed by atoms with Crippen molar-refractivity contribution in [3.05, 3.63) is 38.7 Å². The van der Waals surface area contributed by atoms with Gasteiger partial charge in [0.1, 0.15) is 10.9 Å². The topological polar surface area (TPSA) is 35.0 Å². The Labute approximate surface area is 137 Å². The van der Waals surface area contributed by atoms with Crippen LogP contribution in [0.5, 0.6) is 5.75 Å². The summed E-state index contributed by atoms with van der Waals surface area (Å²) in [6, 6.07) is 7.76. The number of hydrogen-bond donors (Lipinski definition) is 0. The van der Waals surface area contributed by atoms with Crippen LogP contribution < -0.4 is 4.74 Å². The lowest BCUT2D eigenvalue weighted by Gasteiger charge is -2.11. The van der Waals surface area contributed by atoms with Crippen molar-refractivity contribution >= 4 is 34.2 Å². The molecule has 0 amide bonds. The summed E-state index contributed by atoms with van der Waals surface area (Å²) in [7, 11) is 0. The molecule has 0 N–H and O–H groups in total. The van der Waals surface area contributed by atoms with Gasteiger partial charge in [-0.15, -0.1) is 0 Å². The van der Waals surface area contributed by atoms with Crippen LogP contribution in [0.1, 0.15) is 32.4 Å². The second-order valence-corrected chi connectivity index (χ2v) is 6.09. The molecule has 2 aromatic rings. The summed E-state index contributed by atoms with van der Waals surface area (Å²) in [4.78, 5) is 9.02. The molecular formula is C15H16ClIN2O. The smallest absolute Gasteiger partial charge is 0.161 e. The Morgan fingerprint density at radius 2 is 2.05 bits per heavy atom. The monoisotopic (exact) mass is 402 g/mol. The SMILES string of the molecule is CCOc1cccc(-c2nc(Cl)c(I)c(C(C)C)n2)c1. The fraction of sp³-hybridized carbons (Fsp3) is 0.333. The van der Waals surface area contributed by atoms with Gasteiger partial charge in [0.15, 0.2) is 5.82 Å². The Hall–Kier alpha value is -0.880. The van der Waals surface area contributed by atoms with Crippen molar-refractivity contribution in [2.75, 3.05) is 6.61 Å². The van der Waals surface area contributed by atoms with Crippen LogP contribution in [0.2, 0.25) is 5.15 Å². The lowest BCUT2D eigenvalue weighted by molar-refractivity contribution is 0.340. The number of halogens is 2. The number of aromatic nitrogens is 2. The maximum atomic E-state index is 6.22. The predicted octanol–water partition coefficient (Wildman–Crippen LogP) is 4.92. The van der Waals surface area contributed by atoms with E-state index in [4.69, 9.17) is 16.3 Å². The van der Waals surface area contributed by atoms with Crippen molar-refractivity contribution in [3.8, 4) is 17.1 Å². The third kappa shape index (κ3) is 3.41. The average Bonchev–Trinajstić information content (AvgIpc) is 2.42. The normalized spacial score (nSPS) is 10.9. The highest BCUT2D eigenvalue weighted by Crippen LogP contribution is 2.29. The van der Waals surface area contributed by atoms with Gasteiger partial charge in [0.2, 0.25) is 0 Å². The van der Waals surface area contributed by atoms with Gasteiger partial charge in [0.25, 0.3) is 0 Å². The molecule has 3 nitrogen and oxygen atoms in total. The summed E-state index contributed by atoms with van der Waals surface area (Å²) in [5, 5.41) is 0.501. The number of ether oxygens (including phenoxy) is 1. The molecule has 0 radical (unpaired) electrons. The van der Waals surface area contributed by atoms with E-state index in [1.54, 1.807) is 0 Å². The van der Waals surface area contributed by atoms with Crippen molar-refractivity contribution in [2.45, 2.75) is 26.7 Å². The van der Waals surface area contributed by atoms with Gasteiger partial charge in [-0.1, -0.05) is 37.6 Å². The molecule has 0 saturated carbocycles. The van der Waals surface area contributed by atoms with Crippen LogP contribution in [0.25, 0.3) is 11.4 Å². The zero-order valence-corrected chi connectivity index (χ0v) is 14.6. The summed E-state index contributed by atoms with van der Waals surface area (Å²) in [5.74, 6) is 1.76. The van der Waals surface area contributed by atoms with Crippen LogP contribution in [0.15, 0.2) is 24.3 Å². The zero-order valence-electron chi connectivity index (χ0n) is 11.7. The minimum Gasteiger partial charge on any atom is -0.494 e. The molecule has 1 aromatic heterocycles. The molecule has 0 aliphatic carbocycles. The van der Waals surface area contributed by atoms with Crippen molar-refractivity contribution in [1.82, 2.24) is 9.97 Å². The van der Waals surface area contributed by atoms with Crippen LogP contribution in [0, 0.1) is 3.57 Å². The van der Waals surface area contributed by atoms with Gasteiger partial charge in [-0.3, -0.25) is 0 Å². The third-order valence-electron chi connectivity index (χ3n) is 2.79. The fourth-order valence-corrected chi connectivity index (χ4v) is 2.88. The van der Waals surface area contributed by atoms with E-state index >= 15 is 0 Å². The van der Waals surface area contributed by atoms with Crippen LogP contribution in [0.3, 0.4) is 0 Å². The van der Waals surface area contributed by atoms with Gasteiger partial charge in [0, 0.05) is 5.56 Å². The quantitative estimate of drug-likeness (QED) is 0.537. The van der Waals surface area contributed by atoms with E-state index < -0.39 is 0 Å². The molecule has 0 atom stereocenters. The number of hydrogen-bond acceptors (Lipinski definition) is 3. The van der Waals surface area contributed by atoms with Gasteiger partial charge >= 0.3 is 0 Å². The van der Waals surface area contributed by atoms with Gasteiger partial charge in [-0.25, -0.2) is 9.97 Å². The predicted molar refractivity (Wildman–Crippen MR) is 90.5 cm³/mol. The first-order valence-corrected chi connectivity index (χ1v) is 7.94. The maximum Gasteiger partial charge on any atom is 0.161 e. The minimum absolute atomic E-state index is 0.302. The first kappa shape index (κ1) is 15.5. The van der Waals surface area contributed by atoms with Crippen molar-refractivity contribution in [3.63, 3.8) is 0 Å². The first-order valence-electron chi connectivity index (χ1n) is 6.49. The van der Waals surface area contributed by atoms with E-state index in [1.807, 2.05) is 31.2 Å². The Morgan fingerprint density at radius 1 is 1.30 bits per heavy atom. The van der Waals surface area contributed by atoms with E-state index in [0.717, 1.165) is 20.6 Å². The standard InChI is InChI=1S/C15H16ClIN2O/c1-4-20-11-7-5-6-10(8-11)15-18-13(9(2)3)12(17)14(16)19-15/h5-9H,4H2,1-3H3. The summed E-state index contributed by atoms with van der Waals surface area (Å²) in [6.45, 7) is 6.79. The molecule has 0 aliphatic heterocycles. The van der Waals surface area contributed by atoms with Crippen molar-refractivity contribution in [2.24, 2.45) is 0 Å². The van der Waals surface area contributed by atoms with Gasteiger partial charge in [0.05, 0.1) is 15.9 Å². The molecule has 0 fully saturated rings. The zero-order chi connectivity index (χ0) is 14.7. The largest absolute Gasteiger partial charge is 0.494 e. The van der Waals surface area contributed by atoms with Crippen LogP contribution in [0.4, 0.5) is 0 Å². The lowest BCUT2D eigenvalue weighted by atomic mass is 10.1. The molecule has 1 heterocycles. The summed E-state index contributed by atoms with van der Waals surface area (Å²) in [6.07, 6.45) is 0. The molecule has 20 heavy (non-hydrogen) atoms. The van der Waals surface area contributed by atoms with Gasteiger partial charge in [-0.05, 0) is 47.6 Å². The van der Waals surface area contributed by atoms with Crippen molar-refractivity contribution < 1.29 is 4.74 Å². The van der Waals surface area contributed by atoms with Crippen LogP contribution in [-0.4, -0.2) is 16.6 Å². The molecule has 1 aromatic carbocycles. The molecule has 0 bridgehead atoms. The molecular weight excluding hydrogens is 387 g/mol. The third-order valence-corrected chi connectivity index (χ3v) is 4.44. The second-order valence-electron chi connectivity index (χ2n) is 4.65. The highest BCUT2D eigenvalue weighted by Gasteiger charge is 2.14. The van der Waals surface area contributed by atoms with Crippen LogP contribution >= 0.6 is 34.2 Å². The van der Waals surface area contributed by atoms with E-state index in [2.05, 4.69) is 46.4 Å². The van der Waals surface area contributed by atoms with Crippen LogP contribution in [-0.2, 0) is 0 Å². The Morgan fingerprint density at radius 3 is 2.70 bits per heavy atom. The fourth-order valence-electron chi connectivity index (χ4n) is 1.84. The molecule has 0 spiro atoms. The van der Waals surface area contributed by atoms with Crippen molar-refractivity contribution in [1.29, 1.82) is 0 Å². The second kappa shape index (κ2) is 6.72. The highest BCUT2D eigenvalue weighted by molar-refractivity contribution is 14.1. The number of rotatable bonds is 4. The van der Waals surface area contributed by atoms with E-state index in [1.165, 1.54) is 0 Å². The van der Waals surface area contributed by atoms with E-state index in [-0.39, 0.29) is 0 Å². The molecule has 0 unspecified atom stereocenters. The minimum atomic E-state index is 0.302. The molecule has 0 saturated heterocycles. The molecule has 2 rings (SSSR count). The maximum absolute atomic E-state index is 6.22. The average molecular weight is 403 g/mol. The highest BCUT2D eigenvalue weighted by atomic mass is 127. The van der Waals surface area contributed by atoms with E-state index in [9.17, 15) is 0 Å². The molecule has 0 aliphatic rings. The molecule has 106 valence electrons. The summed E-state index contributed by atoms with van der Waals surface area (Å²) < 4.78 is 6.43. The Kier molecular flexibility index (Phi) is 5.21. The van der Waals surface area contributed by atoms with Gasteiger partial charge < -0.3 is 4.74 Å². The van der Waals surface area contributed by atoms with E-state index in [0.29, 0.717) is 23.5 Å². The first-order chi connectivity index (χ1) is 9.52. The summed E-state index contributed by atoms with van der Waals surface area (Å²) >= 11 is 8.42. The molecule has 5 heteroatoms.